The zero-order valence-electron chi connectivity index (χ0n) is 14.7. The van der Waals surface area contributed by atoms with Gasteiger partial charge in [0.2, 0.25) is 0 Å². The van der Waals surface area contributed by atoms with Gasteiger partial charge < -0.3 is 10.1 Å². The predicted octanol–water partition coefficient (Wildman–Crippen LogP) is 3.60. The number of rotatable bonds is 5. The Morgan fingerprint density at radius 3 is 2.44 bits per heavy atom. The third kappa shape index (κ3) is 4.22. The minimum atomic E-state index is -0.792. The van der Waals surface area contributed by atoms with Gasteiger partial charge in [-0.3, -0.25) is 9.59 Å². The minimum Gasteiger partial charge on any atom is -0.469 e. The lowest BCUT2D eigenvalue weighted by Gasteiger charge is -2.22. The number of amides is 1. The van der Waals surface area contributed by atoms with E-state index in [1.165, 1.54) is 37.4 Å². The lowest BCUT2D eigenvalue weighted by atomic mass is 9.85. The predicted molar refractivity (Wildman–Crippen MR) is 96.1 cm³/mol. The summed E-state index contributed by atoms with van der Waals surface area (Å²) in [5.74, 6) is -2.86. The van der Waals surface area contributed by atoms with Crippen molar-refractivity contribution in [3.8, 4) is 0 Å². The minimum absolute atomic E-state index is 0.268. The molecule has 0 bridgehead atoms. The van der Waals surface area contributed by atoms with Crippen LogP contribution in [0.25, 0.3) is 0 Å². The summed E-state index contributed by atoms with van der Waals surface area (Å²) in [6.45, 7) is 0. The number of nitrogens with one attached hydrogen (secondary N) is 1. The molecule has 0 unspecified atom stereocenters. The Kier molecular flexibility index (Phi) is 5.64. The van der Waals surface area contributed by atoms with E-state index in [2.05, 4.69) is 5.32 Å². The van der Waals surface area contributed by atoms with Crippen LogP contribution >= 0.6 is 0 Å². The van der Waals surface area contributed by atoms with E-state index in [9.17, 15) is 18.4 Å². The molecule has 1 aliphatic carbocycles. The Morgan fingerprint density at radius 1 is 1.07 bits per heavy atom. The molecular formula is C21H19F2NO3. The van der Waals surface area contributed by atoms with Crippen molar-refractivity contribution in [2.24, 2.45) is 5.92 Å². The maximum Gasteiger partial charge on any atom is 0.313 e. The quantitative estimate of drug-likeness (QED) is 0.645. The van der Waals surface area contributed by atoms with Gasteiger partial charge in [-0.15, -0.1) is 0 Å². The number of carbonyl (C=O) groups is 2. The monoisotopic (exact) mass is 371 g/mol. The molecule has 3 rings (SSSR count). The SMILES string of the molecule is COC(=O)[C@H](c1ccccc1F)[C@@H]1C=C[C@H](NC(=O)c2ccc(F)cc2)C1. The zero-order valence-corrected chi connectivity index (χ0v) is 14.7. The Morgan fingerprint density at radius 2 is 1.78 bits per heavy atom. The fourth-order valence-electron chi connectivity index (χ4n) is 3.32. The van der Waals surface area contributed by atoms with Crippen molar-refractivity contribution in [1.82, 2.24) is 5.32 Å². The Labute approximate surface area is 155 Å². The highest BCUT2D eigenvalue weighted by atomic mass is 19.1. The van der Waals surface area contributed by atoms with Gasteiger partial charge in [0.05, 0.1) is 13.0 Å². The number of esters is 1. The Hall–Kier alpha value is -3.02. The van der Waals surface area contributed by atoms with Crippen LogP contribution in [-0.2, 0) is 9.53 Å². The van der Waals surface area contributed by atoms with Crippen LogP contribution in [0.2, 0.25) is 0 Å². The third-order valence-corrected chi connectivity index (χ3v) is 4.66. The van der Waals surface area contributed by atoms with Crippen molar-refractivity contribution in [3.63, 3.8) is 0 Å². The summed E-state index contributed by atoms with van der Waals surface area (Å²) < 4.78 is 32.1. The summed E-state index contributed by atoms with van der Waals surface area (Å²) in [5.41, 5.74) is 0.608. The van der Waals surface area contributed by atoms with Crippen molar-refractivity contribution in [2.45, 2.75) is 18.4 Å². The zero-order chi connectivity index (χ0) is 19.4. The van der Waals surface area contributed by atoms with Crippen LogP contribution in [0.3, 0.4) is 0 Å². The normalized spacial score (nSPS) is 19.5. The number of ether oxygens (including phenoxy) is 1. The fourth-order valence-corrected chi connectivity index (χ4v) is 3.32. The first kappa shape index (κ1) is 18.8. The first-order valence-corrected chi connectivity index (χ1v) is 8.56. The molecule has 0 spiro atoms. The van der Waals surface area contributed by atoms with Crippen molar-refractivity contribution in [3.05, 3.63) is 83.4 Å². The average molecular weight is 371 g/mol. The van der Waals surface area contributed by atoms with Crippen molar-refractivity contribution < 1.29 is 23.1 Å². The highest BCUT2D eigenvalue weighted by Crippen LogP contribution is 2.35. The highest BCUT2D eigenvalue weighted by molar-refractivity contribution is 5.94. The van der Waals surface area contributed by atoms with Crippen LogP contribution in [0.4, 0.5) is 8.78 Å². The third-order valence-electron chi connectivity index (χ3n) is 4.66. The standard InChI is InChI=1S/C21H19F2NO3/c1-27-21(26)19(17-4-2-3-5-18(17)23)14-8-11-16(12-14)24-20(25)13-6-9-15(22)10-7-13/h2-11,14,16,19H,12H2,1H3,(H,24,25)/t14-,16+,19+/m1/s1. The van der Waals surface area contributed by atoms with Crippen molar-refractivity contribution >= 4 is 11.9 Å². The second kappa shape index (κ2) is 8.12. The molecular weight excluding hydrogens is 352 g/mol. The average Bonchev–Trinajstić information content (AvgIpc) is 3.11. The van der Waals surface area contributed by atoms with Crippen LogP contribution < -0.4 is 5.32 Å². The second-order valence-electron chi connectivity index (χ2n) is 6.39. The molecule has 0 aliphatic heterocycles. The number of methoxy groups -OCH3 is 1. The molecule has 2 aromatic rings. The van der Waals surface area contributed by atoms with Gasteiger partial charge in [-0.1, -0.05) is 30.4 Å². The van der Waals surface area contributed by atoms with Crippen LogP contribution in [0.1, 0.15) is 28.3 Å². The molecule has 0 radical (unpaired) electrons. The first-order valence-electron chi connectivity index (χ1n) is 8.56. The van der Waals surface area contributed by atoms with E-state index in [1.807, 2.05) is 0 Å². The second-order valence-corrected chi connectivity index (χ2v) is 6.39. The summed E-state index contributed by atoms with van der Waals surface area (Å²) >= 11 is 0. The number of hydrogen-bond acceptors (Lipinski definition) is 3. The van der Waals surface area contributed by atoms with E-state index in [0.717, 1.165) is 0 Å². The highest BCUT2D eigenvalue weighted by Gasteiger charge is 2.35. The van der Waals surface area contributed by atoms with Crippen molar-refractivity contribution in [2.75, 3.05) is 7.11 Å². The number of halogens is 2. The molecule has 3 atom stereocenters. The molecule has 140 valence electrons. The number of benzene rings is 2. The molecule has 0 aromatic heterocycles. The molecule has 0 saturated heterocycles. The van der Waals surface area contributed by atoms with Crippen molar-refractivity contribution in [1.29, 1.82) is 0 Å². The summed E-state index contributed by atoms with van der Waals surface area (Å²) in [6.07, 6.45) is 4.01. The summed E-state index contributed by atoms with van der Waals surface area (Å²) in [4.78, 5) is 24.6. The van der Waals surface area contributed by atoms with E-state index >= 15 is 0 Å². The van der Waals surface area contributed by atoms with Crippen LogP contribution in [0.15, 0.2) is 60.7 Å². The number of allylic oxidation sites excluding steroid dienone is 1. The first-order chi connectivity index (χ1) is 13.0. The van der Waals surface area contributed by atoms with E-state index in [0.29, 0.717) is 12.0 Å². The van der Waals surface area contributed by atoms with Gasteiger partial charge in [-0.05, 0) is 42.7 Å². The van der Waals surface area contributed by atoms with Gasteiger partial charge in [0, 0.05) is 17.2 Å². The van der Waals surface area contributed by atoms with Gasteiger partial charge in [0.25, 0.3) is 5.91 Å². The maximum absolute atomic E-state index is 14.2. The van der Waals surface area contributed by atoms with Crippen LogP contribution in [0, 0.1) is 17.6 Å². The molecule has 2 aromatic carbocycles. The van der Waals surface area contributed by atoms with Gasteiger partial charge in [-0.25, -0.2) is 8.78 Å². The molecule has 1 N–H and O–H groups in total. The molecule has 0 saturated carbocycles. The number of hydrogen-bond donors (Lipinski definition) is 1. The van der Waals surface area contributed by atoms with Gasteiger partial charge >= 0.3 is 5.97 Å². The molecule has 4 nitrogen and oxygen atoms in total. The van der Waals surface area contributed by atoms with Gasteiger partial charge in [-0.2, -0.15) is 0 Å². The van der Waals surface area contributed by atoms with E-state index < -0.39 is 23.5 Å². The fraction of sp³-hybridized carbons (Fsp3) is 0.238. The summed E-state index contributed by atoms with van der Waals surface area (Å²) in [7, 11) is 1.27. The van der Waals surface area contributed by atoms with Gasteiger partial charge in [0.15, 0.2) is 0 Å². The summed E-state index contributed by atoms with van der Waals surface area (Å²) in [6, 6.07) is 11.0. The smallest absolute Gasteiger partial charge is 0.313 e. The number of carbonyl (C=O) groups excluding carboxylic acids is 2. The lowest BCUT2D eigenvalue weighted by molar-refractivity contribution is -0.143. The maximum atomic E-state index is 14.2. The van der Waals surface area contributed by atoms with E-state index in [-0.39, 0.29) is 23.4 Å². The molecule has 0 fully saturated rings. The lowest BCUT2D eigenvalue weighted by Crippen LogP contribution is -2.33. The Balaban J connectivity index is 1.72. The van der Waals surface area contributed by atoms with Crippen LogP contribution in [0.5, 0.6) is 0 Å². The molecule has 6 heteroatoms. The van der Waals surface area contributed by atoms with Crippen LogP contribution in [-0.4, -0.2) is 25.0 Å². The van der Waals surface area contributed by atoms with Gasteiger partial charge in [0.1, 0.15) is 11.6 Å². The van der Waals surface area contributed by atoms with E-state index in [1.54, 1.807) is 30.4 Å². The molecule has 1 aliphatic rings. The molecule has 27 heavy (non-hydrogen) atoms. The molecule has 0 heterocycles. The Bertz CT molecular complexity index is 864. The van der Waals surface area contributed by atoms with E-state index in [4.69, 9.17) is 4.74 Å². The largest absolute Gasteiger partial charge is 0.469 e. The topological polar surface area (TPSA) is 55.4 Å². The molecule has 1 amide bonds. The summed E-state index contributed by atoms with van der Waals surface area (Å²) in [5, 5.41) is 2.83.